The lowest BCUT2D eigenvalue weighted by Crippen LogP contribution is -2.28. The Morgan fingerprint density at radius 1 is 1.42 bits per heavy atom. The Labute approximate surface area is 116 Å². The van der Waals surface area contributed by atoms with Crippen LogP contribution in [0.4, 0.5) is 0 Å². The molecule has 0 aromatic rings. The van der Waals surface area contributed by atoms with Gasteiger partial charge in [-0.25, -0.2) is 4.79 Å². The van der Waals surface area contributed by atoms with Crippen molar-refractivity contribution in [3.8, 4) is 0 Å². The molecule has 4 nitrogen and oxygen atoms in total. The smallest absolute Gasteiger partial charge is 0.333 e. The summed E-state index contributed by atoms with van der Waals surface area (Å²) in [5.74, 6) is 0.572. The minimum absolute atomic E-state index is 0.204. The van der Waals surface area contributed by atoms with Gasteiger partial charge in [-0.3, -0.25) is 0 Å². The van der Waals surface area contributed by atoms with Crippen LogP contribution in [0.3, 0.4) is 0 Å². The standard InChI is InChI=1S/C15H26N2O2/c1-3-13(15(18)19-2)6-8-16-10-12-7-9-17(11-12)14-4-5-14/h6,12,14,16H,3-5,7-11H2,1-2H3. The van der Waals surface area contributed by atoms with Gasteiger partial charge in [0.1, 0.15) is 0 Å². The van der Waals surface area contributed by atoms with Gasteiger partial charge in [-0.05, 0) is 44.7 Å². The number of hydrogen-bond acceptors (Lipinski definition) is 4. The van der Waals surface area contributed by atoms with E-state index in [4.69, 9.17) is 4.74 Å². The predicted molar refractivity (Wildman–Crippen MR) is 76.0 cm³/mol. The molecule has 1 aliphatic carbocycles. The van der Waals surface area contributed by atoms with Crippen LogP contribution in [-0.4, -0.2) is 50.2 Å². The summed E-state index contributed by atoms with van der Waals surface area (Å²) in [6.45, 7) is 6.32. The molecule has 0 radical (unpaired) electrons. The molecule has 1 unspecified atom stereocenters. The van der Waals surface area contributed by atoms with Gasteiger partial charge in [0, 0.05) is 24.7 Å². The molecule has 0 amide bonds. The third-order valence-electron chi connectivity index (χ3n) is 4.13. The van der Waals surface area contributed by atoms with Gasteiger partial charge in [-0.1, -0.05) is 13.0 Å². The Kier molecular flexibility index (Phi) is 5.40. The van der Waals surface area contributed by atoms with E-state index < -0.39 is 0 Å². The maximum atomic E-state index is 11.4. The Hall–Kier alpha value is -0.870. The zero-order valence-corrected chi connectivity index (χ0v) is 12.2. The van der Waals surface area contributed by atoms with Crippen LogP contribution in [0.25, 0.3) is 0 Å². The molecule has 1 atom stereocenters. The zero-order valence-electron chi connectivity index (χ0n) is 12.2. The highest BCUT2D eigenvalue weighted by Gasteiger charge is 2.33. The number of carbonyl (C=O) groups excluding carboxylic acids is 1. The van der Waals surface area contributed by atoms with Gasteiger partial charge < -0.3 is 15.0 Å². The van der Waals surface area contributed by atoms with Gasteiger partial charge in [0.15, 0.2) is 0 Å². The number of hydrogen-bond donors (Lipinski definition) is 1. The summed E-state index contributed by atoms with van der Waals surface area (Å²) in [5.41, 5.74) is 0.765. The minimum Gasteiger partial charge on any atom is -0.466 e. The maximum Gasteiger partial charge on any atom is 0.333 e. The van der Waals surface area contributed by atoms with Crippen molar-refractivity contribution >= 4 is 5.97 Å². The van der Waals surface area contributed by atoms with Crippen LogP contribution in [0.2, 0.25) is 0 Å². The molecule has 2 aliphatic rings. The summed E-state index contributed by atoms with van der Waals surface area (Å²) in [5, 5.41) is 3.44. The number of nitrogens with zero attached hydrogens (tertiary/aromatic N) is 1. The molecule has 0 spiro atoms. The quantitative estimate of drug-likeness (QED) is 0.431. The van der Waals surface area contributed by atoms with Crippen LogP contribution >= 0.6 is 0 Å². The first-order valence-electron chi connectivity index (χ1n) is 7.46. The molecule has 2 fully saturated rings. The number of ether oxygens (including phenoxy) is 1. The number of nitrogens with one attached hydrogen (secondary N) is 1. The Bertz CT molecular complexity index is 337. The monoisotopic (exact) mass is 266 g/mol. The van der Waals surface area contributed by atoms with E-state index in [1.54, 1.807) is 0 Å². The fraction of sp³-hybridized carbons (Fsp3) is 0.800. The summed E-state index contributed by atoms with van der Waals surface area (Å²) >= 11 is 0. The van der Waals surface area contributed by atoms with Crippen molar-refractivity contribution in [3.63, 3.8) is 0 Å². The van der Waals surface area contributed by atoms with E-state index in [0.717, 1.165) is 37.0 Å². The Balaban J connectivity index is 1.63. The summed E-state index contributed by atoms with van der Waals surface area (Å²) in [4.78, 5) is 14.0. The van der Waals surface area contributed by atoms with Crippen molar-refractivity contribution in [3.05, 3.63) is 11.6 Å². The molecule has 2 rings (SSSR count). The summed E-state index contributed by atoms with van der Waals surface area (Å²) in [6.07, 6.45) is 6.81. The third kappa shape index (κ3) is 4.32. The molecule has 1 saturated carbocycles. The van der Waals surface area contributed by atoms with Gasteiger partial charge in [-0.15, -0.1) is 0 Å². The molecule has 0 aromatic carbocycles. The van der Waals surface area contributed by atoms with Crippen molar-refractivity contribution in [2.75, 3.05) is 33.3 Å². The Morgan fingerprint density at radius 3 is 2.84 bits per heavy atom. The van der Waals surface area contributed by atoms with Gasteiger partial charge in [-0.2, -0.15) is 0 Å². The molecule has 0 bridgehead atoms. The predicted octanol–water partition coefficient (Wildman–Crippen LogP) is 1.57. The largest absolute Gasteiger partial charge is 0.466 e. The average molecular weight is 266 g/mol. The van der Waals surface area contributed by atoms with E-state index in [2.05, 4.69) is 10.2 Å². The molecule has 0 aromatic heterocycles. The van der Waals surface area contributed by atoms with Crippen molar-refractivity contribution < 1.29 is 9.53 Å². The molecule has 1 aliphatic heterocycles. The third-order valence-corrected chi connectivity index (χ3v) is 4.13. The van der Waals surface area contributed by atoms with E-state index in [1.807, 2.05) is 13.0 Å². The fourth-order valence-corrected chi connectivity index (χ4v) is 2.79. The van der Waals surface area contributed by atoms with Crippen molar-refractivity contribution in [1.82, 2.24) is 10.2 Å². The highest BCUT2D eigenvalue weighted by molar-refractivity contribution is 5.88. The van der Waals surface area contributed by atoms with E-state index >= 15 is 0 Å². The maximum absolute atomic E-state index is 11.4. The molecule has 108 valence electrons. The number of methoxy groups -OCH3 is 1. The van der Waals surface area contributed by atoms with Crippen molar-refractivity contribution in [2.45, 2.75) is 38.6 Å². The lowest BCUT2D eigenvalue weighted by Gasteiger charge is -2.14. The lowest BCUT2D eigenvalue weighted by molar-refractivity contribution is -0.136. The molecule has 1 heterocycles. The zero-order chi connectivity index (χ0) is 13.7. The average Bonchev–Trinajstić information content (AvgIpc) is 3.18. The van der Waals surface area contributed by atoms with Crippen LogP contribution in [-0.2, 0) is 9.53 Å². The molecular weight excluding hydrogens is 240 g/mol. The highest BCUT2D eigenvalue weighted by atomic mass is 16.5. The van der Waals surface area contributed by atoms with E-state index in [9.17, 15) is 4.79 Å². The highest BCUT2D eigenvalue weighted by Crippen LogP contribution is 2.31. The van der Waals surface area contributed by atoms with Crippen LogP contribution in [0.15, 0.2) is 11.6 Å². The first-order chi connectivity index (χ1) is 9.24. The number of carbonyl (C=O) groups is 1. The van der Waals surface area contributed by atoms with E-state index in [1.165, 1.54) is 39.5 Å². The second kappa shape index (κ2) is 7.06. The van der Waals surface area contributed by atoms with Crippen molar-refractivity contribution in [1.29, 1.82) is 0 Å². The molecule has 1 N–H and O–H groups in total. The Morgan fingerprint density at radius 2 is 2.21 bits per heavy atom. The minimum atomic E-state index is -0.204. The molecule has 4 heteroatoms. The summed E-state index contributed by atoms with van der Waals surface area (Å²) < 4.78 is 4.74. The summed E-state index contributed by atoms with van der Waals surface area (Å²) in [6, 6.07) is 0.899. The molecular formula is C15H26N2O2. The summed E-state index contributed by atoms with van der Waals surface area (Å²) in [7, 11) is 1.43. The number of esters is 1. The van der Waals surface area contributed by atoms with Gasteiger partial charge in [0.2, 0.25) is 0 Å². The van der Waals surface area contributed by atoms with E-state index in [0.29, 0.717) is 0 Å². The van der Waals surface area contributed by atoms with Crippen LogP contribution in [0, 0.1) is 5.92 Å². The van der Waals surface area contributed by atoms with Crippen molar-refractivity contribution in [2.24, 2.45) is 5.92 Å². The fourth-order valence-electron chi connectivity index (χ4n) is 2.79. The van der Waals surface area contributed by atoms with Gasteiger partial charge >= 0.3 is 5.97 Å². The van der Waals surface area contributed by atoms with E-state index in [-0.39, 0.29) is 5.97 Å². The number of rotatable bonds is 7. The van der Waals surface area contributed by atoms with Crippen LogP contribution < -0.4 is 5.32 Å². The SMILES string of the molecule is CCC(=CCNCC1CCN(C2CC2)C1)C(=O)OC. The topological polar surface area (TPSA) is 41.6 Å². The first kappa shape index (κ1) is 14.5. The van der Waals surface area contributed by atoms with Crippen LogP contribution in [0.1, 0.15) is 32.6 Å². The molecule has 1 saturated heterocycles. The second-order valence-electron chi connectivity index (χ2n) is 5.61. The molecule has 19 heavy (non-hydrogen) atoms. The van der Waals surface area contributed by atoms with Gasteiger partial charge in [0.25, 0.3) is 0 Å². The number of likely N-dealkylation sites (tertiary alicyclic amines) is 1. The lowest BCUT2D eigenvalue weighted by atomic mass is 10.1. The van der Waals surface area contributed by atoms with Crippen LogP contribution in [0.5, 0.6) is 0 Å². The van der Waals surface area contributed by atoms with Gasteiger partial charge in [0.05, 0.1) is 7.11 Å². The normalized spacial score (nSPS) is 24.7. The first-order valence-corrected chi connectivity index (χ1v) is 7.46. The second-order valence-corrected chi connectivity index (χ2v) is 5.61.